The van der Waals surface area contributed by atoms with Gasteiger partial charge in [-0.25, -0.2) is 9.50 Å². The third-order valence-corrected chi connectivity index (χ3v) is 7.34. The number of pyridine rings is 1. The van der Waals surface area contributed by atoms with Crippen molar-refractivity contribution in [2.75, 3.05) is 20.6 Å². The second kappa shape index (κ2) is 10.2. The predicted molar refractivity (Wildman–Crippen MR) is 144 cm³/mol. The number of likely N-dealkylation sites (N-methyl/N-ethyl adjacent to an activating group) is 2. The van der Waals surface area contributed by atoms with Crippen molar-refractivity contribution >= 4 is 11.6 Å². The first kappa shape index (κ1) is 25.6. The molecule has 1 N–H and O–H groups in total. The molecule has 4 aromatic rings. The molecule has 0 bridgehead atoms. The molecular weight excluding hydrogens is 450 g/mol. The molecule has 1 aromatic carbocycles. The minimum absolute atomic E-state index is 0.0291. The summed E-state index contributed by atoms with van der Waals surface area (Å²) in [6.07, 6.45) is 3.55. The van der Waals surface area contributed by atoms with Gasteiger partial charge in [-0.15, -0.1) is 0 Å². The van der Waals surface area contributed by atoms with Crippen LogP contribution in [0.15, 0.2) is 42.9 Å². The van der Waals surface area contributed by atoms with Gasteiger partial charge in [-0.3, -0.25) is 14.8 Å². The summed E-state index contributed by atoms with van der Waals surface area (Å²) in [6, 6.07) is 10.4. The highest BCUT2D eigenvalue weighted by atomic mass is 16.2. The minimum Gasteiger partial charge on any atom is -0.338 e. The average molecular weight is 488 g/mol. The molecule has 3 heterocycles. The highest BCUT2D eigenvalue weighted by Gasteiger charge is 2.25. The first-order valence-electron chi connectivity index (χ1n) is 12.6. The molecule has 0 saturated heterocycles. The zero-order valence-corrected chi connectivity index (χ0v) is 22.6. The van der Waals surface area contributed by atoms with Gasteiger partial charge >= 0.3 is 0 Å². The molecule has 36 heavy (non-hydrogen) atoms. The fourth-order valence-corrected chi connectivity index (χ4v) is 4.68. The van der Waals surface area contributed by atoms with Crippen LogP contribution in [0.2, 0.25) is 0 Å². The lowest BCUT2D eigenvalue weighted by atomic mass is 9.93. The molecule has 0 aliphatic rings. The van der Waals surface area contributed by atoms with Crippen molar-refractivity contribution in [3.05, 3.63) is 59.5 Å². The predicted octanol–water partition coefficient (Wildman–Crippen LogP) is 5.08. The van der Waals surface area contributed by atoms with E-state index in [-0.39, 0.29) is 23.9 Å². The van der Waals surface area contributed by atoms with Gasteiger partial charge in [0.1, 0.15) is 6.33 Å². The van der Waals surface area contributed by atoms with Crippen molar-refractivity contribution in [3.8, 4) is 22.5 Å². The van der Waals surface area contributed by atoms with E-state index in [1.54, 1.807) is 10.8 Å². The lowest BCUT2D eigenvalue weighted by molar-refractivity contribution is -0.136. The summed E-state index contributed by atoms with van der Waals surface area (Å²) < 4.78 is 1.80. The molecule has 2 unspecified atom stereocenters. The Kier molecular flexibility index (Phi) is 7.26. The first-order chi connectivity index (χ1) is 17.1. The zero-order chi connectivity index (χ0) is 26.1. The third-order valence-electron chi connectivity index (χ3n) is 7.34. The maximum Gasteiger partial charge on any atom is 0.239 e. The normalized spacial score (nSPS) is 13.5. The number of benzene rings is 1. The van der Waals surface area contributed by atoms with Crippen LogP contribution in [0.25, 0.3) is 28.2 Å². The molecule has 190 valence electrons. The SMILES string of the molecule is CCN(C)C(C)C(=O)N(C)C(C)c1ccc(-c2[nH]nc(-c3cc(C)c4ncnn4c3)c2C(C)C)cc1. The van der Waals surface area contributed by atoms with Crippen LogP contribution >= 0.6 is 0 Å². The second-order valence-corrected chi connectivity index (χ2v) is 9.95. The summed E-state index contributed by atoms with van der Waals surface area (Å²) in [7, 11) is 3.86. The number of H-pyrrole nitrogens is 1. The Morgan fingerprint density at radius 2 is 1.78 bits per heavy atom. The van der Waals surface area contributed by atoms with Gasteiger partial charge in [0.15, 0.2) is 5.65 Å². The Labute approximate surface area is 213 Å². The molecule has 8 heteroatoms. The number of nitrogens with one attached hydrogen (secondary N) is 1. The Hall–Kier alpha value is -3.52. The van der Waals surface area contributed by atoms with Crippen molar-refractivity contribution in [2.24, 2.45) is 0 Å². The van der Waals surface area contributed by atoms with Crippen LogP contribution in [-0.2, 0) is 4.79 Å². The van der Waals surface area contributed by atoms with Gasteiger partial charge in [0.25, 0.3) is 0 Å². The number of hydrogen-bond donors (Lipinski definition) is 1. The molecule has 8 nitrogen and oxygen atoms in total. The molecule has 0 fully saturated rings. The van der Waals surface area contributed by atoms with Crippen molar-refractivity contribution < 1.29 is 4.79 Å². The van der Waals surface area contributed by atoms with E-state index in [1.165, 1.54) is 5.56 Å². The van der Waals surface area contributed by atoms with E-state index in [9.17, 15) is 4.79 Å². The number of hydrogen-bond acceptors (Lipinski definition) is 5. The van der Waals surface area contributed by atoms with E-state index >= 15 is 0 Å². The van der Waals surface area contributed by atoms with E-state index in [0.29, 0.717) is 0 Å². The summed E-state index contributed by atoms with van der Waals surface area (Å²) in [5.74, 6) is 0.385. The van der Waals surface area contributed by atoms with Crippen LogP contribution in [0.4, 0.5) is 0 Å². The number of aromatic nitrogens is 5. The maximum absolute atomic E-state index is 13.0. The molecule has 0 spiro atoms. The number of carbonyl (C=O) groups is 1. The van der Waals surface area contributed by atoms with Gasteiger partial charge in [-0.05, 0) is 63.0 Å². The molecule has 4 rings (SSSR count). The van der Waals surface area contributed by atoms with E-state index in [1.807, 2.05) is 39.0 Å². The van der Waals surface area contributed by atoms with Crippen LogP contribution in [0, 0.1) is 6.92 Å². The molecule has 0 saturated carbocycles. The lowest BCUT2D eigenvalue weighted by Gasteiger charge is -2.31. The molecular formula is C28H37N7O. The Balaban J connectivity index is 1.63. The molecule has 2 atom stereocenters. The molecule has 0 radical (unpaired) electrons. The molecule has 1 amide bonds. The third kappa shape index (κ3) is 4.65. The minimum atomic E-state index is -0.154. The summed E-state index contributed by atoms with van der Waals surface area (Å²) in [6.45, 7) is 13.3. The zero-order valence-electron chi connectivity index (χ0n) is 22.6. The van der Waals surface area contributed by atoms with Crippen LogP contribution in [-0.4, -0.2) is 67.2 Å². The van der Waals surface area contributed by atoms with Gasteiger partial charge in [0, 0.05) is 24.4 Å². The van der Waals surface area contributed by atoms with Crippen molar-refractivity contribution in [1.29, 1.82) is 0 Å². The topological polar surface area (TPSA) is 82.4 Å². The molecule has 0 aliphatic heterocycles. The standard InChI is InChI=1S/C28H37N7O/c1-9-33(7)20(6)28(36)34(8)19(5)21-10-12-22(13-11-21)25-24(17(2)3)26(32-31-25)23-14-18(4)27-29-16-30-35(27)15-23/h10-17,19-20H,9H2,1-8H3,(H,31,32). The Bertz CT molecular complexity index is 1350. The van der Waals surface area contributed by atoms with Crippen LogP contribution < -0.4 is 0 Å². The molecule has 0 aliphatic carbocycles. The lowest BCUT2D eigenvalue weighted by Crippen LogP contribution is -2.44. The molecule has 3 aromatic heterocycles. The maximum atomic E-state index is 13.0. The summed E-state index contributed by atoms with van der Waals surface area (Å²) in [4.78, 5) is 21.2. The number of fused-ring (bicyclic) bond motifs is 1. The highest BCUT2D eigenvalue weighted by molar-refractivity contribution is 5.81. The number of nitrogens with zero attached hydrogens (tertiary/aromatic N) is 6. The number of aromatic amines is 1. The number of aryl methyl sites for hydroxylation is 1. The summed E-state index contributed by atoms with van der Waals surface area (Å²) >= 11 is 0. The number of amides is 1. The average Bonchev–Trinajstić information content (AvgIpc) is 3.54. The number of rotatable bonds is 8. The van der Waals surface area contributed by atoms with Gasteiger partial charge in [0.05, 0.1) is 23.5 Å². The Morgan fingerprint density at radius 1 is 1.08 bits per heavy atom. The van der Waals surface area contributed by atoms with E-state index in [2.05, 4.69) is 78.1 Å². The van der Waals surface area contributed by atoms with Gasteiger partial charge in [-0.1, -0.05) is 45.0 Å². The monoisotopic (exact) mass is 487 g/mol. The van der Waals surface area contributed by atoms with E-state index in [0.717, 1.165) is 45.8 Å². The second-order valence-electron chi connectivity index (χ2n) is 9.95. The van der Waals surface area contributed by atoms with Crippen LogP contribution in [0.1, 0.15) is 63.3 Å². The summed E-state index contributed by atoms with van der Waals surface area (Å²) in [5.41, 5.74) is 8.19. The quantitative estimate of drug-likeness (QED) is 0.375. The van der Waals surface area contributed by atoms with Crippen molar-refractivity contribution in [1.82, 2.24) is 34.6 Å². The van der Waals surface area contributed by atoms with Crippen LogP contribution in [0.5, 0.6) is 0 Å². The van der Waals surface area contributed by atoms with Gasteiger partial charge in [0.2, 0.25) is 5.91 Å². The number of carbonyl (C=O) groups excluding carboxylic acids is 1. The fourth-order valence-electron chi connectivity index (χ4n) is 4.68. The van der Waals surface area contributed by atoms with Crippen molar-refractivity contribution in [3.63, 3.8) is 0 Å². The van der Waals surface area contributed by atoms with E-state index < -0.39 is 0 Å². The highest BCUT2D eigenvalue weighted by Crippen LogP contribution is 2.36. The fraction of sp³-hybridized carbons (Fsp3) is 0.429. The summed E-state index contributed by atoms with van der Waals surface area (Å²) in [5, 5.41) is 12.3. The smallest absolute Gasteiger partial charge is 0.239 e. The van der Waals surface area contributed by atoms with E-state index in [4.69, 9.17) is 5.10 Å². The van der Waals surface area contributed by atoms with Gasteiger partial charge in [-0.2, -0.15) is 10.2 Å². The van der Waals surface area contributed by atoms with Crippen molar-refractivity contribution in [2.45, 2.75) is 59.5 Å². The first-order valence-corrected chi connectivity index (χ1v) is 12.6. The van der Waals surface area contributed by atoms with Crippen LogP contribution in [0.3, 0.4) is 0 Å². The largest absolute Gasteiger partial charge is 0.338 e. The van der Waals surface area contributed by atoms with Gasteiger partial charge < -0.3 is 4.90 Å². The Morgan fingerprint density at radius 3 is 2.42 bits per heavy atom.